The van der Waals surface area contributed by atoms with E-state index in [0.29, 0.717) is 18.8 Å². The minimum absolute atomic E-state index is 0.166. The van der Waals surface area contributed by atoms with Crippen molar-refractivity contribution in [1.29, 1.82) is 0 Å². The number of likely N-dealkylation sites (N-methyl/N-ethyl adjacent to an activating group) is 1. The van der Waals surface area contributed by atoms with Crippen molar-refractivity contribution in [2.24, 2.45) is 5.73 Å². The first-order valence-electron chi connectivity index (χ1n) is 5.78. The molecule has 0 saturated carbocycles. The predicted octanol–water partition coefficient (Wildman–Crippen LogP) is 1.57. The highest BCUT2D eigenvalue weighted by molar-refractivity contribution is 5.42. The zero-order valence-corrected chi connectivity index (χ0v) is 11.0. The molecule has 0 fully saturated rings. The lowest BCUT2D eigenvalue weighted by Gasteiger charge is -2.32. The third kappa shape index (κ3) is 3.61. The molecule has 1 aromatic rings. The number of phenols is 1. The molecule has 0 amide bonds. The summed E-state index contributed by atoms with van der Waals surface area (Å²) in [4.78, 5) is 1.97. The first-order valence-corrected chi connectivity index (χ1v) is 5.78. The fourth-order valence-electron chi connectivity index (χ4n) is 1.51. The SMILES string of the molecule is CCOc1cc(CC(C)(N)N(C)C)ccc1O. The van der Waals surface area contributed by atoms with Gasteiger partial charge in [0.05, 0.1) is 12.3 Å². The largest absolute Gasteiger partial charge is 0.504 e. The van der Waals surface area contributed by atoms with Crippen molar-refractivity contribution in [3.8, 4) is 11.5 Å². The Kier molecular flexibility index (Phi) is 4.37. The molecule has 1 rings (SSSR count). The Labute approximate surface area is 103 Å². The maximum absolute atomic E-state index is 9.61. The van der Waals surface area contributed by atoms with Gasteiger partial charge in [0.1, 0.15) is 0 Å². The predicted molar refractivity (Wildman–Crippen MR) is 69.3 cm³/mol. The van der Waals surface area contributed by atoms with E-state index in [2.05, 4.69) is 0 Å². The van der Waals surface area contributed by atoms with E-state index in [9.17, 15) is 5.11 Å². The van der Waals surface area contributed by atoms with Crippen molar-refractivity contribution in [1.82, 2.24) is 4.90 Å². The lowest BCUT2D eigenvalue weighted by Crippen LogP contribution is -2.51. The van der Waals surface area contributed by atoms with E-state index in [1.165, 1.54) is 0 Å². The first kappa shape index (κ1) is 13.8. The summed E-state index contributed by atoms with van der Waals surface area (Å²) in [6, 6.07) is 5.35. The highest BCUT2D eigenvalue weighted by Crippen LogP contribution is 2.28. The minimum atomic E-state index is -0.416. The summed E-state index contributed by atoms with van der Waals surface area (Å²) < 4.78 is 5.35. The zero-order chi connectivity index (χ0) is 13.1. The smallest absolute Gasteiger partial charge is 0.161 e. The fourth-order valence-corrected chi connectivity index (χ4v) is 1.51. The average Bonchev–Trinajstić information content (AvgIpc) is 2.23. The van der Waals surface area contributed by atoms with Gasteiger partial charge in [0.2, 0.25) is 0 Å². The minimum Gasteiger partial charge on any atom is -0.504 e. The van der Waals surface area contributed by atoms with Gasteiger partial charge in [-0.1, -0.05) is 6.07 Å². The highest BCUT2D eigenvalue weighted by atomic mass is 16.5. The highest BCUT2D eigenvalue weighted by Gasteiger charge is 2.21. The van der Waals surface area contributed by atoms with Crippen LogP contribution in [0.4, 0.5) is 0 Å². The molecule has 17 heavy (non-hydrogen) atoms. The van der Waals surface area contributed by atoms with Crippen LogP contribution in [0, 0.1) is 0 Å². The lowest BCUT2D eigenvalue weighted by atomic mass is 10.0. The second kappa shape index (κ2) is 5.38. The first-order chi connectivity index (χ1) is 7.86. The number of nitrogens with zero attached hydrogens (tertiary/aromatic N) is 1. The van der Waals surface area contributed by atoms with Gasteiger partial charge < -0.3 is 15.6 Å². The number of phenolic OH excluding ortho intramolecular Hbond substituents is 1. The van der Waals surface area contributed by atoms with Crippen LogP contribution in [0.3, 0.4) is 0 Å². The number of hydrogen-bond acceptors (Lipinski definition) is 4. The maximum atomic E-state index is 9.61. The molecule has 0 bridgehead atoms. The lowest BCUT2D eigenvalue weighted by molar-refractivity contribution is 0.180. The summed E-state index contributed by atoms with van der Waals surface area (Å²) in [6.45, 7) is 4.39. The third-order valence-electron chi connectivity index (χ3n) is 2.91. The molecule has 96 valence electrons. The summed E-state index contributed by atoms with van der Waals surface area (Å²) >= 11 is 0. The van der Waals surface area contributed by atoms with Crippen molar-refractivity contribution < 1.29 is 9.84 Å². The second-order valence-electron chi connectivity index (χ2n) is 4.66. The molecule has 0 aromatic heterocycles. The van der Waals surface area contributed by atoms with E-state index in [-0.39, 0.29) is 5.75 Å². The molecular formula is C13H22N2O2. The van der Waals surface area contributed by atoms with E-state index in [1.54, 1.807) is 6.07 Å². The van der Waals surface area contributed by atoms with Gasteiger partial charge >= 0.3 is 0 Å². The van der Waals surface area contributed by atoms with E-state index in [0.717, 1.165) is 5.56 Å². The molecule has 1 atom stereocenters. The van der Waals surface area contributed by atoms with Crippen molar-refractivity contribution in [2.45, 2.75) is 25.9 Å². The van der Waals surface area contributed by atoms with Crippen molar-refractivity contribution in [2.75, 3.05) is 20.7 Å². The van der Waals surface area contributed by atoms with Crippen molar-refractivity contribution in [3.05, 3.63) is 23.8 Å². The Hall–Kier alpha value is -1.26. The number of aromatic hydroxyl groups is 1. The summed E-state index contributed by atoms with van der Waals surface area (Å²) in [5.41, 5.74) is 6.81. The molecule has 3 N–H and O–H groups in total. The third-order valence-corrected chi connectivity index (χ3v) is 2.91. The molecule has 0 aliphatic carbocycles. The Morgan fingerprint density at radius 1 is 1.41 bits per heavy atom. The summed E-state index contributed by atoms with van der Waals surface area (Å²) in [5.74, 6) is 0.679. The van der Waals surface area contributed by atoms with Crippen LogP contribution in [0.5, 0.6) is 11.5 Å². The van der Waals surface area contributed by atoms with Crippen molar-refractivity contribution >= 4 is 0 Å². The van der Waals surface area contributed by atoms with Crippen LogP contribution < -0.4 is 10.5 Å². The Morgan fingerprint density at radius 3 is 2.59 bits per heavy atom. The Morgan fingerprint density at radius 2 is 2.06 bits per heavy atom. The molecule has 1 aromatic carbocycles. The van der Waals surface area contributed by atoms with Gasteiger partial charge in [-0.25, -0.2) is 0 Å². The van der Waals surface area contributed by atoms with Crippen LogP contribution in [0.1, 0.15) is 19.4 Å². The Bertz CT molecular complexity index is 376. The Balaban J connectivity index is 2.89. The van der Waals surface area contributed by atoms with E-state index < -0.39 is 5.66 Å². The van der Waals surface area contributed by atoms with Gasteiger partial charge in [-0.15, -0.1) is 0 Å². The molecule has 1 unspecified atom stereocenters. The molecule has 0 heterocycles. The number of rotatable bonds is 5. The van der Waals surface area contributed by atoms with Gasteiger partial charge in [-0.3, -0.25) is 4.90 Å². The second-order valence-corrected chi connectivity index (χ2v) is 4.66. The number of nitrogens with two attached hydrogens (primary N) is 1. The molecule has 0 spiro atoms. The molecular weight excluding hydrogens is 216 g/mol. The number of benzene rings is 1. The molecule has 0 radical (unpaired) electrons. The van der Waals surface area contributed by atoms with E-state index in [4.69, 9.17) is 10.5 Å². The number of ether oxygens (including phenoxy) is 1. The van der Waals surface area contributed by atoms with Crippen LogP contribution in [-0.2, 0) is 6.42 Å². The molecule has 4 nitrogen and oxygen atoms in total. The monoisotopic (exact) mass is 238 g/mol. The molecule has 0 saturated heterocycles. The molecule has 0 aliphatic rings. The summed E-state index contributed by atoms with van der Waals surface area (Å²) in [6.07, 6.45) is 0.695. The van der Waals surface area contributed by atoms with Gasteiger partial charge in [0, 0.05) is 6.42 Å². The van der Waals surface area contributed by atoms with Gasteiger partial charge in [-0.05, 0) is 45.6 Å². The zero-order valence-electron chi connectivity index (χ0n) is 11.0. The topological polar surface area (TPSA) is 58.7 Å². The normalized spacial score (nSPS) is 14.7. The van der Waals surface area contributed by atoms with Gasteiger partial charge in [0.15, 0.2) is 11.5 Å². The maximum Gasteiger partial charge on any atom is 0.161 e. The summed E-state index contributed by atoms with van der Waals surface area (Å²) in [5, 5.41) is 9.61. The standard InChI is InChI=1S/C13H22N2O2/c1-5-17-12-8-10(6-7-11(12)16)9-13(2,14)15(3)4/h6-8,16H,5,9,14H2,1-4H3. The van der Waals surface area contributed by atoms with Crippen LogP contribution >= 0.6 is 0 Å². The summed E-state index contributed by atoms with van der Waals surface area (Å²) in [7, 11) is 3.90. The fraction of sp³-hybridized carbons (Fsp3) is 0.538. The van der Waals surface area contributed by atoms with E-state index >= 15 is 0 Å². The van der Waals surface area contributed by atoms with E-state index in [1.807, 2.05) is 45.0 Å². The van der Waals surface area contributed by atoms with Crippen LogP contribution in [0.15, 0.2) is 18.2 Å². The average molecular weight is 238 g/mol. The quantitative estimate of drug-likeness (QED) is 0.764. The molecule has 4 heteroatoms. The van der Waals surface area contributed by atoms with Crippen molar-refractivity contribution in [3.63, 3.8) is 0 Å². The van der Waals surface area contributed by atoms with Crippen LogP contribution in [0.25, 0.3) is 0 Å². The van der Waals surface area contributed by atoms with Gasteiger partial charge in [0.25, 0.3) is 0 Å². The molecule has 0 aliphatic heterocycles. The van der Waals surface area contributed by atoms with Gasteiger partial charge in [-0.2, -0.15) is 0 Å². The van der Waals surface area contributed by atoms with Crippen LogP contribution in [0.2, 0.25) is 0 Å². The number of hydrogen-bond donors (Lipinski definition) is 2. The van der Waals surface area contributed by atoms with Crippen LogP contribution in [-0.4, -0.2) is 36.4 Å².